The van der Waals surface area contributed by atoms with Crippen LogP contribution < -0.4 is 14.8 Å². The van der Waals surface area contributed by atoms with Crippen LogP contribution in [0.2, 0.25) is 0 Å². The Morgan fingerprint density at radius 1 is 1.31 bits per heavy atom. The minimum atomic E-state index is -1.14. The van der Waals surface area contributed by atoms with Gasteiger partial charge in [0.05, 0.1) is 12.8 Å². The van der Waals surface area contributed by atoms with E-state index in [1.807, 2.05) is 6.07 Å². The minimum absolute atomic E-state index is 0.0469. The number of amides is 1. The molecular formula is C24H20FNO5S. The smallest absolute Gasteiger partial charge is 0.346 e. The number of anilines is 1. The molecule has 3 aromatic rings. The van der Waals surface area contributed by atoms with Crippen LogP contribution in [0.5, 0.6) is 11.5 Å². The Labute approximate surface area is 187 Å². The van der Waals surface area contributed by atoms with Crippen LogP contribution in [0.15, 0.2) is 55.1 Å². The fourth-order valence-corrected chi connectivity index (χ4v) is 5.04. The maximum atomic E-state index is 13.9. The average Bonchev–Trinajstić information content (AvgIpc) is 3.16. The van der Waals surface area contributed by atoms with Gasteiger partial charge >= 0.3 is 5.97 Å². The lowest BCUT2D eigenvalue weighted by Gasteiger charge is -2.24. The van der Waals surface area contributed by atoms with Crippen LogP contribution in [-0.2, 0) is 4.79 Å². The lowest BCUT2D eigenvalue weighted by molar-refractivity contribution is -0.116. The van der Waals surface area contributed by atoms with E-state index in [1.165, 1.54) is 25.3 Å². The van der Waals surface area contributed by atoms with Gasteiger partial charge < -0.3 is 19.9 Å². The summed E-state index contributed by atoms with van der Waals surface area (Å²) in [5, 5.41) is 12.6. The molecule has 2 heterocycles. The first-order valence-electron chi connectivity index (χ1n) is 9.80. The standard InChI is InChI=1S/C24H20FNO5S/c1-3-9-31-17-8-7-13(11-18(17)30-2)16-12-19(27)26-21-20(14-5-4-6-15(25)10-14)23(24(28)29)32-22(16)21/h3-8,10-11,16H,1,9,12H2,2H3,(H,26,27)(H,28,29). The monoisotopic (exact) mass is 453 g/mol. The maximum Gasteiger partial charge on any atom is 0.346 e. The van der Waals surface area contributed by atoms with Crippen molar-refractivity contribution in [3.8, 4) is 22.6 Å². The summed E-state index contributed by atoms with van der Waals surface area (Å²) < 4.78 is 24.9. The molecule has 0 aliphatic carbocycles. The molecule has 1 atom stereocenters. The highest BCUT2D eigenvalue weighted by Crippen LogP contribution is 2.50. The van der Waals surface area contributed by atoms with Crippen molar-refractivity contribution in [1.82, 2.24) is 0 Å². The van der Waals surface area contributed by atoms with E-state index in [9.17, 15) is 19.1 Å². The Hall–Kier alpha value is -3.65. The summed E-state index contributed by atoms with van der Waals surface area (Å²) in [6.07, 6.45) is 1.77. The van der Waals surface area contributed by atoms with E-state index in [1.54, 1.807) is 24.3 Å². The van der Waals surface area contributed by atoms with E-state index >= 15 is 0 Å². The first-order valence-corrected chi connectivity index (χ1v) is 10.6. The number of hydrogen-bond acceptors (Lipinski definition) is 5. The van der Waals surface area contributed by atoms with Crippen molar-refractivity contribution in [2.24, 2.45) is 0 Å². The lowest BCUT2D eigenvalue weighted by Crippen LogP contribution is -2.22. The van der Waals surface area contributed by atoms with Crippen LogP contribution in [0.1, 0.15) is 32.5 Å². The number of ether oxygens (including phenoxy) is 2. The van der Waals surface area contributed by atoms with Crippen LogP contribution in [0.3, 0.4) is 0 Å². The molecule has 1 amide bonds. The summed E-state index contributed by atoms with van der Waals surface area (Å²) in [6.45, 7) is 3.95. The number of aromatic carboxylic acids is 1. The van der Waals surface area contributed by atoms with Crippen molar-refractivity contribution < 1.29 is 28.6 Å². The molecule has 1 aliphatic heterocycles. The molecule has 2 N–H and O–H groups in total. The van der Waals surface area contributed by atoms with Gasteiger partial charge in [-0.15, -0.1) is 11.3 Å². The fraction of sp³-hybridized carbons (Fsp3) is 0.167. The molecule has 2 aromatic carbocycles. The zero-order valence-corrected chi connectivity index (χ0v) is 18.0. The van der Waals surface area contributed by atoms with Crippen molar-refractivity contribution in [2.75, 3.05) is 19.0 Å². The highest BCUT2D eigenvalue weighted by atomic mass is 32.1. The van der Waals surface area contributed by atoms with Gasteiger partial charge in [-0.1, -0.05) is 30.9 Å². The molecule has 1 unspecified atom stereocenters. The summed E-state index contributed by atoms with van der Waals surface area (Å²) in [6, 6.07) is 11.1. The van der Waals surface area contributed by atoms with Gasteiger partial charge in [0.1, 0.15) is 17.3 Å². The zero-order valence-electron chi connectivity index (χ0n) is 17.2. The quantitative estimate of drug-likeness (QED) is 0.474. The number of carboxylic acid groups (broad SMARTS) is 1. The van der Waals surface area contributed by atoms with Gasteiger partial charge in [0.15, 0.2) is 11.5 Å². The van der Waals surface area contributed by atoms with Crippen LogP contribution >= 0.6 is 11.3 Å². The Morgan fingerprint density at radius 3 is 2.81 bits per heavy atom. The molecule has 6 nitrogen and oxygen atoms in total. The molecule has 4 rings (SSSR count). The molecule has 1 aromatic heterocycles. The first-order chi connectivity index (χ1) is 15.4. The number of nitrogens with one attached hydrogen (secondary N) is 1. The van der Waals surface area contributed by atoms with Gasteiger partial charge in [-0.25, -0.2) is 9.18 Å². The first kappa shape index (κ1) is 21.6. The highest BCUT2D eigenvalue weighted by Gasteiger charge is 2.35. The number of methoxy groups -OCH3 is 1. The van der Waals surface area contributed by atoms with Gasteiger partial charge in [0.2, 0.25) is 5.91 Å². The Kier molecular flexibility index (Phi) is 5.96. The summed E-state index contributed by atoms with van der Waals surface area (Å²) in [5.74, 6) is -1.22. The van der Waals surface area contributed by atoms with Crippen molar-refractivity contribution in [1.29, 1.82) is 0 Å². The third kappa shape index (κ3) is 3.97. The minimum Gasteiger partial charge on any atom is -0.493 e. The second-order valence-corrected chi connectivity index (χ2v) is 8.23. The van der Waals surface area contributed by atoms with Gasteiger partial charge in [-0.05, 0) is 35.4 Å². The van der Waals surface area contributed by atoms with Crippen molar-refractivity contribution in [3.05, 3.63) is 76.3 Å². The van der Waals surface area contributed by atoms with Crippen molar-refractivity contribution in [3.63, 3.8) is 0 Å². The molecule has 0 fully saturated rings. The third-order valence-electron chi connectivity index (χ3n) is 5.16. The van der Waals surface area contributed by atoms with E-state index in [4.69, 9.17) is 9.47 Å². The van der Waals surface area contributed by atoms with E-state index in [2.05, 4.69) is 11.9 Å². The number of carboxylic acids is 1. The van der Waals surface area contributed by atoms with Gasteiger partial charge in [-0.2, -0.15) is 0 Å². The predicted octanol–water partition coefficient (Wildman–Crippen LogP) is 5.30. The number of fused-ring (bicyclic) bond motifs is 1. The highest BCUT2D eigenvalue weighted by molar-refractivity contribution is 7.15. The zero-order chi connectivity index (χ0) is 22.8. The van der Waals surface area contributed by atoms with Crippen LogP contribution in [0, 0.1) is 5.82 Å². The van der Waals surface area contributed by atoms with Crippen molar-refractivity contribution >= 4 is 28.9 Å². The Morgan fingerprint density at radius 2 is 2.12 bits per heavy atom. The normalized spacial score (nSPS) is 14.9. The van der Waals surface area contributed by atoms with E-state index in [-0.39, 0.29) is 23.1 Å². The summed E-state index contributed by atoms with van der Waals surface area (Å²) in [4.78, 5) is 25.4. The van der Waals surface area contributed by atoms with Gasteiger partial charge in [0.25, 0.3) is 0 Å². The van der Waals surface area contributed by atoms with E-state index < -0.39 is 11.8 Å². The van der Waals surface area contributed by atoms with Crippen molar-refractivity contribution in [2.45, 2.75) is 12.3 Å². The number of hydrogen-bond donors (Lipinski definition) is 2. The number of thiophene rings is 1. The van der Waals surface area contributed by atoms with Gasteiger partial charge in [-0.3, -0.25) is 4.79 Å². The SMILES string of the molecule is C=CCOc1ccc(C2CC(=O)Nc3c2sc(C(=O)O)c3-c2cccc(F)c2)cc1OC. The van der Waals surface area contributed by atoms with E-state index in [0.717, 1.165) is 16.9 Å². The van der Waals surface area contributed by atoms with Gasteiger partial charge in [0, 0.05) is 22.8 Å². The number of carbonyl (C=O) groups excluding carboxylic acids is 1. The van der Waals surface area contributed by atoms with Crippen LogP contribution in [0.25, 0.3) is 11.1 Å². The number of carbonyl (C=O) groups is 2. The molecule has 164 valence electrons. The second kappa shape index (κ2) is 8.84. The number of rotatable bonds is 7. The third-order valence-corrected chi connectivity index (χ3v) is 6.45. The molecule has 0 bridgehead atoms. The topological polar surface area (TPSA) is 84.9 Å². The van der Waals surface area contributed by atoms with Crippen LogP contribution in [0.4, 0.5) is 10.1 Å². The molecular weight excluding hydrogens is 433 g/mol. The maximum absolute atomic E-state index is 13.9. The summed E-state index contributed by atoms with van der Waals surface area (Å²) in [7, 11) is 1.52. The molecule has 32 heavy (non-hydrogen) atoms. The summed E-state index contributed by atoms with van der Waals surface area (Å²) in [5.41, 5.74) is 1.90. The lowest BCUT2D eigenvalue weighted by atomic mass is 9.88. The molecule has 8 heteroatoms. The number of halogens is 1. The Bertz CT molecular complexity index is 1220. The Balaban J connectivity index is 1.86. The van der Waals surface area contributed by atoms with Crippen LogP contribution in [-0.4, -0.2) is 30.7 Å². The molecule has 0 radical (unpaired) electrons. The molecule has 0 saturated carbocycles. The molecule has 0 spiro atoms. The number of benzene rings is 2. The second-order valence-electron chi connectivity index (χ2n) is 7.18. The molecule has 0 saturated heterocycles. The molecule has 1 aliphatic rings. The fourth-order valence-electron chi connectivity index (χ4n) is 3.79. The van der Waals surface area contributed by atoms with E-state index in [0.29, 0.717) is 39.8 Å². The largest absolute Gasteiger partial charge is 0.493 e. The summed E-state index contributed by atoms with van der Waals surface area (Å²) >= 11 is 1.09. The predicted molar refractivity (Wildman–Crippen MR) is 120 cm³/mol. The average molecular weight is 453 g/mol.